The molecule has 4 nitrogen and oxygen atoms in total. The van der Waals surface area contributed by atoms with E-state index in [0.29, 0.717) is 0 Å². The van der Waals surface area contributed by atoms with Crippen LogP contribution in [0.2, 0.25) is 0 Å². The summed E-state index contributed by atoms with van der Waals surface area (Å²) in [5, 5.41) is 7.68. The van der Waals surface area contributed by atoms with Crippen LogP contribution < -0.4 is 5.43 Å². The molecule has 56 valence electrons. The second kappa shape index (κ2) is 3.60. The minimum atomic E-state index is 0.753. The summed E-state index contributed by atoms with van der Waals surface area (Å²) < 4.78 is 3.73. The summed E-state index contributed by atoms with van der Waals surface area (Å²) in [5.74, 6) is 0. The Hall–Kier alpha value is -0.520. The lowest BCUT2D eigenvalue weighted by Crippen LogP contribution is -2.29. The standard InChI is InChI=1S/C5H10N4S/c1-9(2)6-3-5-4-10-8-7-5/h4,6H,3H2,1-2H3. The summed E-state index contributed by atoms with van der Waals surface area (Å²) in [6, 6.07) is 0. The van der Waals surface area contributed by atoms with Crippen LogP contribution in [-0.4, -0.2) is 28.7 Å². The van der Waals surface area contributed by atoms with Crippen molar-refractivity contribution in [3.05, 3.63) is 11.1 Å². The Bertz CT molecular complexity index is 172. The molecule has 0 radical (unpaired) electrons. The lowest BCUT2D eigenvalue weighted by molar-refractivity contribution is 0.284. The van der Waals surface area contributed by atoms with Crippen molar-refractivity contribution in [2.75, 3.05) is 14.1 Å². The van der Waals surface area contributed by atoms with Crippen molar-refractivity contribution in [1.82, 2.24) is 20.0 Å². The average molecular weight is 158 g/mol. The molecule has 0 bridgehead atoms. The van der Waals surface area contributed by atoms with Crippen LogP contribution in [0, 0.1) is 0 Å². The van der Waals surface area contributed by atoms with Crippen molar-refractivity contribution in [2.24, 2.45) is 0 Å². The van der Waals surface area contributed by atoms with Gasteiger partial charge in [-0.1, -0.05) is 4.49 Å². The number of hydrogen-bond donors (Lipinski definition) is 1. The summed E-state index contributed by atoms with van der Waals surface area (Å²) >= 11 is 1.37. The largest absolute Gasteiger partial charge is 0.250 e. The third-order valence-electron chi connectivity index (χ3n) is 0.982. The van der Waals surface area contributed by atoms with E-state index in [1.165, 1.54) is 11.5 Å². The van der Waals surface area contributed by atoms with Gasteiger partial charge < -0.3 is 0 Å². The molecule has 0 aliphatic carbocycles. The predicted octanol–water partition coefficient (Wildman–Crippen LogP) is 0.104. The number of rotatable bonds is 3. The van der Waals surface area contributed by atoms with E-state index in [2.05, 4.69) is 15.0 Å². The molecule has 1 aromatic heterocycles. The highest BCUT2D eigenvalue weighted by atomic mass is 32.1. The molecule has 1 rings (SSSR count). The Labute approximate surface area is 64.0 Å². The zero-order valence-electron chi connectivity index (χ0n) is 6.03. The van der Waals surface area contributed by atoms with E-state index >= 15 is 0 Å². The fraction of sp³-hybridized carbons (Fsp3) is 0.600. The van der Waals surface area contributed by atoms with Crippen LogP contribution in [0.3, 0.4) is 0 Å². The van der Waals surface area contributed by atoms with Crippen LogP contribution in [0.15, 0.2) is 5.38 Å². The van der Waals surface area contributed by atoms with Gasteiger partial charge in [0.2, 0.25) is 0 Å². The number of hydrogen-bond acceptors (Lipinski definition) is 5. The first-order valence-corrected chi connectivity index (χ1v) is 3.79. The minimum Gasteiger partial charge on any atom is -0.250 e. The third-order valence-corrected chi connectivity index (χ3v) is 1.53. The van der Waals surface area contributed by atoms with Gasteiger partial charge >= 0.3 is 0 Å². The summed E-state index contributed by atoms with van der Waals surface area (Å²) in [6.45, 7) is 0.753. The maximum Gasteiger partial charge on any atom is 0.0907 e. The second-order valence-electron chi connectivity index (χ2n) is 2.13. The number of nitrogens with one attached hydrogen (secondary N) is 1. The molecule has 1 heterocycles. The van der Waals surface area contributed by atoms with E-state index in [1.54, 1.807) is 0 Å². The molecule has 0 unspecified atom stereocenters. The molecule has 5 heteroatoms. The molecule has 0 aromatic carbocycles. The fourth-order valence-electron chi connectivity index (χ4n) is 0.500. The van der Waals surface area contributed by atoms with Gasteiger partial charge in [-0.2, -0.15) is 0 Å². The van der Waals surface area contributed by atoms with Gasteiger partial charge in [0.25, 0.3) is 0 Å². The van der Waals surface area contributed by atoms with E-state index in [4.69, 9.17) is 0 Å². The second-order valence-corrected chi connectivity index (χ2v) is 2.74. The Kier molecular flexibility index (Phi) is 2.73. The summed E-state index contributed by atoms with van der Waals surface area (Å²) in [5.41, 5.74) is 4.07. The molecule has 0 amide bonds. The van der Waals surface area contributed by atoms with Crippen molar-refractivity contribution in [2.45, 2.75) is 6.54 Å². The molecule has 0 aliphatic rings. The van der Waals surface area contributed by atoms with Crippen LogP contribution in [-0.2, 0) is 6.54 Å². The highest BCUT2D eigenvalue weighted by molar-refractivity contribution is 7.03. The normalized spacial score (nSPS) is 10.7. The maximum absolute atomic E-state index is 3.87. The first-order chi connectivity index (χ1) is 4.79. The molecule has 10 heavy (non-hydrogen) atoms. The Morgan fingerprint density at radius 2 is 2.50 bits per heavy atom. The molecular weight excluding hydrogens is 148 g/mol. The molecule has 1 N–H and O–H groups in total. The van der Waals surface area contributed by atoms with Crippen molar-refractivity contribution in [3.63, 3.8) is 0 Å². The molecule has 0 atom stereocenters. The number of aromatic nitrogens is 2. The molecule has 0 aliphatic heterocycles. The SMILES string of the molecule is CN(C)NCc1csnn1. The lowest BCUT2D eigenvalue weighted by Gasteiger charge is -2.08. The minimum absolute atomic E-state index is 0.753. The van der Waals surface area contributed by atoms with E-state index < -0.39 is 0 Å². The smallest absolute Gasteiger partial charge is 0.0907 e. The topological polar surface area (TPSA) is 41.0 Å². The summed E-state index contributed by atoms with van der Waals surface area (Å²) in [4.78, 5) is 0. The van der Waals surface area contributed by atoms with Crippen molar-refractivity contribution in [3.8, 4) is 0 Å². The van der Waals surface area contributed by atoms with Gasteiger partial charge in [-0.05, 0) is 11.5 Å². The third kappa shape index (κ3) is 2.38. The molecule has 0 fully saturated rings. The Balaban J connectivity index is 2.28. The van der Waals surface area contributed by atoms with E-state index in [0.717, 1.165) is 12.2 Å². The molecule has 0 saturated carbocycles. The highest BCUT2D eigenvalue weighted by Gasteiger charge is 1.94. The average Bonchev–Trinajstić information content (AvgIpc) is 2.34. The summed E-state index contributed by atoms with van der Waals surface area (Å²) in [6.07, 6.45) is 0. The number of nitrogens with zero attached hydrogens (tertiary/aromatic N) is 3. The van der Waals surface area contributed by atoms with E-state index in [9.17, 15) is 0 Å². The molecule has 0 saturated heterocycles. The van der Waals surface area contributed by atoms with Gasteiger partial charge in [-0.15, -0.1) is 5.10 Å². The van der Waals surface area contributed by atoms with Gasteiger partial charge in [0.1, 0.15) is 0 Å². The van der Waals surface area contributed by atoms with Gasteiger partial charge in [0, 0.05) is 19.5 Å². The highest BCUT2D eigenvalue weighted by Crippen LogP contribution is 1.94. The van der Waals surface area contributed by atoms with E-state index in [1.807, 2.05) is 24.5 Å². The zero-order chi connectivity index (χ0) is 7.40. The van der Waals surface area contributed by atoms with Crippen LogP contribution >= 0.6 is 11.5 Å². The zero-order valence-corrected chi connectivity index (χ0v) is 6.85. The Morgan fingerprint density at radius 3 is 3.00 bits per heavy atom. The maximum atomic E-state index is 3.87. The quantitative estimate of drug-likeness (QED) is 0.634. The van der Waals surface area contributed by atoms with Crippen LogP contribution in [0.5, 0.6) is 0 Å². The summed E-state index contributed by atoms with van der Waals surface area (Å²) in [7, 11) is 3.89. The predicted molar refractivity (Wildman–Crippen MR) is 40.4 cm³/mol. The van der Waals surface area contributed by atoms with Crippen molar-refractivity contribution >= 4 is 11.5 Å². The lowest BCUT2D eigenvalue weighted by atomic mass is 10.5. The van der Waals surface area contributed by atoms with Gasteiger partial charge in [-0.3, -0.25) is 5.01 Å². The van der Waals surface area contributed by atoms with Crippen LogP contribution in [0.4, 0.5) is 0 Å². The van der Waals surface area contributed by atoms with Gasteiger partial charge in [-0.25, -0.2) is 5.43 Å². The van der Waals surface area contributed by atoms with Crippen LogP contribution in [0.25, 0.3) is 0 Å². The first-order valence-electron chi connectivity index (χ1n) is 2.96. The Morgan fingerprint density at radius 1 is 1.70 bits per heavy atom. The monoisotopic (exact) mass is 158 g/mol. The molecule has 0 spiro atoms. The fourth-order valence-corrected chi connectivity index (χ4v) is 0.951. The van der Waals surface area contributed by atoms with Gasteiger partial charge in [0.15, 0.2) is 0 Å². The first kappa shape index (κ1) is 7.59. The van der Waals surface area contributed by atoms with E-state index in [-0.39, 0.29) is 0 Å². The molecular formula is C5H10N4S. The number of hydrazine groups is 1. The molecule has 1 aromatic rings. The van der Waals surface area contributed by atoms with Crippen LogP contribution in [0.1, 0.15) is 5.69 Å². The van der Waals surface area contributed by atoms with Gasteiger partial charge in [0.05, 0.1) is 12.2 Å². The van der Waals surface area contributed by atoms with Crippen molar-refractivity contribution in [1.29, 1.82) is 0 Å². The van der Waals surface area contributed by atoms with Crippen molar-refractivity contribution < 1.29 is 0 Å².